The van der Waals surface area contributed by atoms with Crippen molar-refractivity contribution in [3.05, 3.63) is 165 Å². The smallest absolute Gasteiger partial charge is 0.377 e. The van der Waals surface area contributed by atoms with Crippen molar-refractivity contribution in [2.24, 2.45) is 0 Å². The van der Waals surface area contributed by atoms with E-state index in [1.165, 1.54) is 67.3 Å². The molecule has 0 amide bonds. The fourth-order valence-electron chi connectivity index (χ4n) is 8.60. The molecule has 0 fully saturated rings. The summed E-state index contributed by atoms with van der Waals surface area (Å²) in [5, 5.41) is 0. The number of hydrogen-bond acceptors (Lipinski definition) is 0. The van der Waals surface area contributed by atoms with Crippen molar-refractivity contribution in [2.45, 2.75) is 53.4 Å². The van der Waals surface area contributed by atoms with Gasteiger partial charge in [-0.15, -0.1) is 0 Å². The lowest BCUT2D eigenvalue weighted by atomic mass is 9.31. The molecule has 0 radical (unpaired) electrons. The average molecular weight is 546 g/mol. The summed E-state index contributed by atoms with van der Waals surface area (Å²) >= 11 is 0. The van der Waals surface area contributed by atoms with Gasteiger partial charge in [0, 0.05) is 22.8 Å². The minimum Gasteiger partial charge on any atom is -0.377 e. The summed E-state index contributed by atoms with van der Waals surface area (Å²) in [6.45, 7) is 13.6. The Balaban J connectivity index is 1.33. The molecular formula is C36H36B2N4. The first-order chi connectivity index (χ1) is 20.3. The van der Waals surface area contributed by atoms with Gasteiger partial charge in [0.1, 0.15) is 0 Å². The Bertz CT molecular complexity index is 1720. The van der Waals surface area contributed by atoms with E-state index in [1.54, 1.807) is 0 Å². The van der Waals surface area contributed by atoms with Crippen LogP contribution < -0.4 is 0 Å². The standard InChI is InChI=1S/C36H36B2N4/c1-23-19-25(3)33(26(4)20-23)35-29-11-7-15-39(29)37(40-16-8-12-30(35)40)38-41-17-9-13-31(41)36(32-14-10-18-42(32)38)34-27(5)21-24(2)22-28(34)6/h7-22,35-36H,1-6H3. The molecule has 6 heteroatoms. The maximum Gasteiger partial charge on any atom is 0.399 e. The molecule has 2 aliphatic heterocycles. The van der Waals surface area contributed by atoms with Gasteiger partial charge in [0.25, 0.3) is 0 Å². The Hall–Kier alpha value is -4.31. The molecule has 2 aromatic carbocycles. The van der Waals surface area contributed by atoms with Crippen molar-refractivity contribution < 1.29 is 0 Å². The zero-order valence-corrected chi connectivity index (χ0v) is 25.3. The molecule has 4 nitrogen and oxygen atoms in total. The maximum absolute atomic E-state index is 2.54. The summed E-state index contributed by atoms with van der Waals surface area (Å²) < 4.78 is 10.2. The maximum atomic E-state index is 2.54. The van der Waals surface area contributed by atoms with Crippen LogP contribution in [0.2, 0.25) is 0 Å². The highest BCUT2D eigenvalue weighted by molar-refractivity contribution is 7.19. The molecule has 0 saturated carbocycles. The van der Waals surface area contributed by atoms with Crippen molar-refractivity contribution in [1.82, 2.24) is 17.9 Å². The number of benzene rings is 2. The van der Waals surface area contributed by atoms with E-state index in [0.29, 0.717) is 0 Å². The Labute approximate surface area is 249 Å². The fraction of sp³-hybridized carbons (Fsp3) is 0.222. The molecule has 8 rings (SSSR count). The van der Waals surface area contributed by atoms with E-state index >= 15 is 0 Å². The molecule has 42 heavy (non-hydrogen) atoms. The highest BCUT2D eigenvalue weighted by atomic mass is 15.2. The van der Waals surface area contributed by atoms with Gasteiger partial charge in [-0.1, -0.05) is 35.4 Å². The van der Waals surface area contributed by atoms with Gasteiger partial charge in [0.2, 0.25) is 0 Å². The molecule has 0 N–H and O–H groups in total. The van der Waals surface area contributed by atoms with Gasteiger partial charge in [-0.2, -0.15) is 0 Å². The lowest BCUT2D eigenvalue weighted by molar-refractivity contribution is 0.763. The Morgan fingerprint density at radius 2 is 0.690 bits per heavy atom. The first kappa shape index (κ1) is 25.4. The van der Waals surface area contributed by atoms with Crippen molar-refractivity contribution in [3.63, 3.8) is 0 Å². The van der Waals surface area contributed by atoms with Crippen LogP contribution in [0.15, 0.2) is 97.6 Å². The quantitative estimate of drug-likeness (QED) is 0.208. The van der Waals surface area contributed by atoms with Crippen LogP contribution in [-0.2, 0) is 0 Å². The van der Waals surface area contributed by atoms with E-state index in [1.807, 2.05) is 0 Å². The summed E-state index contributed by atoms with van der Waals surface area (Å²) in [5.74, 6) is 0.378. The zero-order chi connectivity index (χ0) is 28.9. The van der Waals surface area contributed by atoms with Gasteiger partial charge >= 0.3 is 13.7 Å². The van der Waals surface area contributed by atoms with Crippen LogP contribution in [0.5, 0.6) is 0 Å². The zero-order valence-electron chi connectivity index (χ0n) is 25.3. The van der Waals surface area contributed by atoms with Gasteiger partial charge in [-0.05, 0) is 148 Å². The van der Waals surface area contributed by atoms with Crippen molar-refractivity contribution in [3.8, 4) is 0 Å². The molecule has 0 saturated heterocycles. The van der Waals surface area contributed by atoms with Crippen LogP contribution >= 0.6 is 0 Å². The number of nitrogens with zero attached hydrogens (tertiary/aromatic N) is 4. The van der Waals surface area contributed by atoms with Gasteiger partial charge in [-0.3, -0.25) is 0 Å². The van der Waals surface area contributed by atoms with E-state index in [-0.39, 0.29) is 25.6 Å². The van der Waals surface area contributed by atoms with Crippen LogP contribution in [0.1, 0.15) is 79.1 Å². The molecule has 0 spiro atoms. The summed E-state index contributed by atoms with van der Waals surface area (Å²) in [4.78, 5) is 0. The summed E-state index contributed by atoms with van der Waals surface area (Å²) in [5.41, 5.74) is 16.4. The molecule has 6 aromatic rings. The SMILES string of the molecule is Cc1cc(C)c(C2c3cccn3B(B3n4cccc4C(c4c(C)cc(C)cc4C)c4cccn43)n3cccc32)c(C)c1. The van der Waals surface area contributed by atoms with E-state index in [4.69, 9.17) is 0 Å². The van der Waals surface area contributed by atoms with E-state index in [9.17, 15) is 0 Å². The third-order valence-corrected chi connectivity index (χ3v) is 9.89. The highest BCUT2D eigenvalue weighted by Gasteiger charge is 2.49. The predicted octanol–water partition coefficient (Wildman–Crippen LogP) is 7.28. The molecule has 4 aromatic heterocycles. The second kappa shape index (κ2) is 9.09. The number of aryl methyl sites for hydroxylation is 6. The Morgan fingerprint density at radius 1 is 0.429 bits per heavy atom. The number of aromatic nitrogens is 4. The van der Waals surface area contributed by atoms with Crippen molar-refractivity contribution in [1.29, 1.82) is 0 Å². The van der Waals surface area contributed by atoms with Crippen molar-refractivity contribution in [2.75, 3.05) is 0 Å². The Kier molecular flexibility index (Phi) is 5.50. The number of fused-ring (bicyclic) bond motifs is 4. The lowest BCUT2D eigenvalue weighted by Gasteiger charge is -2.41. The normalized spacial score (nSPS) is 14.6. The molecular weight excluding hydrogens is 510 g/mol. The largest absolute Gasteiger partial charge is 0.399 e. The van der Waals surface area contributed by atoms with Gasteiger partial charge in [0.05, 0.1) is 11.8 Å². The molecule has 0 atom stereocenters. The average Bonchev–Trinajstić information content (AvgIpc) is 3.74. The van der Waals surface area contributed by atoms with E-state index in [2.05, 4.69) is 157 Å². The third kappa shape index (κ3) is 3.44. The minimum absolute atomic E-state index is 0.0563. The van der Waals surface area contributed by atoms with Crippen LogP contribution in [0.3, 0.4) is 0 Å². The summed E-state index contributed by atoms with van der Waals surface area (Å²) in [7, 11) is 0. The molecule has 0 aliphatic carbocycles. The number of hydrogen-bond donors (Lipinski definition) is 0. The molecule has 206 valence electrons. The number of rotatable bonds is 3. The first-order valence-corrected chi connectivity index (χ1v) is 15.2. The molecule has 2 aliphatic rings. The molecule has 6 heterocycles. The third-order valence-electron chi connectivity index (χ3n) is 9.89. The lowest BCUT2D eigenvalue weighted by Crippen LogP contribution is -2.61. The van der Waals surface area contributed by atoms with Crippen LogP contribution in [-0.4, -0.2) is 31.7 Å². The molecule has 0 unspecified atom stereocenters. The second-order valence-electron chi connectivity index (χ2n) is 12.7. The highest BCUT2D eigenvalue weighted by Crippen LogP contribution is 2.43. The van der Waals surface area contributed by atoms with Crippen LogP contribution in [0, 0.1) is 41.5 Å². The van der Waals surface area contributed by atoms with E-state index in [0.717, 1.165) is 0 Å². The first-order valence-electron chi connectivity index (χ1n) is 15.2. The second-order valence-corrected chi connectivity index (χ2v) is 12.7. The van der Waals surface area contributed by atoms with Gasteiger partial charge < -0.3 is 17.9 Å². The topological polar surface area (TPSA) is 19.7 Å². The van der Waals surface area contributed by atoms with E-state index < -0.39 is 0 Å². The monoisotopic (exact) mass is 546 g/mol. The van der Waals surface area contributed by atoms with Gasteiger partial charge in [-0.25, -0.2) is 0 Å². The van der Waals surface area contributed by atoms with Crippen LogP contribution in [0.4, 0.5) is 0 Å². The van der Waals surface area contributed by atoms with Crippen molar-refractivity contribution >= 4 is 13.7 Å². The van der Waals surface area contributed by atoms with Gasteiger partial charge in [0.15, 0.2) is 0 Å². The summed E-state index contributed by atoms with van der Waals surface area (Å²) in [6.07, 6.45) is 9.17. The fourth-order valence-corrected chi connectivity index (χ4v) is 8.60. The Morgan fingerprint density at radius 3 is 0.952 bits per heavy atom. The minimum atomic E-state index is 0.0563. The molecule has 0 bridgehead atoms. The van der Waals surface area contributed by atoms with Crippen LogP contribution in [0.25, 0.3) is 0 Å². The predicted molar refractivity (Wildman–Crippen MR) is 174 cm³/mol. The summed E-state index contributed by atoms with van der Waals surface area (Å²) in [6, 6.07) is 27.6.